The van der Waals surface area contributed by atoms with Crippen LogP contribution in [-0.4, -0.2) is 25.6 Å². The van der Waals surface area contributed by atoms with E-state index in [1.54, 1.807) is 0 Å². The molecule has 0 aliphatic carbocycles. The van der Waals surface area contributed by atoms with Gasteiger partial charge in [0.2, 0.25) is 6.43 Å². The van der Waals surface area contributed by atoms with Gasteiger partial charge in [0.25, 0.3) is 5.69 Å². The molecule has 2 N–H and O–H groups in total. The quantitative estimate of drug-likeness (QED) is 0.636. The van der Waals surface area contributed by atoms with Gasteiger partial charge in [0.15, 0.2) is 11.5 Å². The molecule has 0 spiro atoms. The van der Waals surface area contributed by atoms with Crippen molar-refractivity contribution in [3.8, 4) is 11.5 Å². The van der Waals surface area contributed by atoms with Crippen molar-refractivity contribution in [3.05, 3.63) is 27.8 Å². The van der Waals surface area contributed by atoms with E-state index in [0.29, 0.717) is 0 Å². The van der Waals surface area contributed by atoms with Crippen LogP contribution in [0.25, 0.3) is 0 Å². The van der Waals surface area contributed by atoms with Gasteiger partial charge in [-0.1, -0.05) is 0 Å². The first-order valence-corrected chi connectivity index (χ1v) is 5.34. The Labute approximate surface area is 108 Å². The molecule has 1 aromatic rings. The van der Waals surface area contributed by atoms with Gasteiger partial charge in [-0.15, -0.1) is 0 Å². The van der Waals surface area contributed by atoms with Gasteiger partial charge in [0.05, 0.1) is 30.8 Å². The number of alkyl halides is 2. The van der Waals surface area contributed by atoms with Crippen molar-refractivity contribution in [3.63, 3.8) is 0 Å². The molecule has 106 valence electrons. The van der Waals surface area contributed by atoms with E-state index in [4.69, 9.17) is 15.2 Å². The van der Waals surface area contributed by atoms with Crippen molar-refractivity contribution < 1.29 is 23.2 Å². The van der Waals surface area contributed by atoms with E-state index in [9.17, 15) is 18.9 Å². The lowest BCUT2D eigenvalue weighted by Gasteiger charge is -2.15. The summed E-state index contributed by atoms with van der Waals surface area (Å²) >= 11 is 0. The van der Waals surface area contributed by atoms with Crippen molar-refractivity contribution in [1.29, 1.82) is 0 Å². The first-order chi connectivity index (χ1) is 8.90. The van der Waals surface area contributed by atoms with Crippen molar-refractivity contribution in [1.82, 2.24) is 0 Å². The highest BCUT2D eigenvalue weighted by Gasteiger charge is 2.25. The number of hydrogen-bond donors (Lipinski definition) is 1. The van der Waals surface area contributed by atoms with Gasteiger partial charge in [-0.05, 0) is 6.07 Å². The standard InChI is InChI=1S/C11H14F2N2O4/c1-18-9-3-6(7(14)4-11(12)13)8(15(16)17)5-10(9)19-2/h3,5,7,11H,4,14H2,1-2H3/t7-/m1/s1. The minimum absolute atomic E-state index is 0.0112. The van der Waals surface area contributed by atoms with Gasteiger partial charge < -0.3 is 15.2 Å². The van der Waals surface area contributed by atoms with Crippen LogP contribution in [0, 0.1) is 10.1 Å². The molecule has 0 unspecified atom stereocenters. The lowest BCUT2D eigenvalue weighted by molar-refractivity contribution is -0.385. The fraction of sp³-hybridized carbons (Fsp3) is 0.455. The maximum Gasteiger partial charge on any atom is 0.278 e. The van der Waals surface area contributed by atoms with Crippen molar-refractivity contribution in [2.75, 3.05) is 14.2 Å². The Bertz CT molecular complexity index is 468. The molecule has 0 amide bonds. The molecular formula is C11H14F2N2O4. The number of nitro groups is 1. The molecule has 19 heavy (non-hydrogen) atoms. The Morgan fingerprint density at radius 2 is 1.84 bits per heavy atom. The van der Waals surface area contributed by atoms with E-state index in [1.807, 2.05) is 0 Å². The molecule has 0 heterocycles. The van der Waals surface area contributed by atoms with Crippen LogP contribution in [0.1, 0.15) is 18.0 Å². The third-order valence-electron chi connectivity index (χ3n) is 2.56. The van der Waals surface area contributed by atoms with E-state index in [-0.39, 0.29) is 22.7 Å². The lowest BCUT2D eigenvalue weighted by atomic mass is 10.0. The zero-order valence-corrected chi connectivity index (χ0v) is 10.4. The van der Waals surface area contributed by atoms with Gasteiger partial charge in [0, 0.05) is 12.5 Å². The summed E-state index contributed by atoms with van der Waals surface area (Å²) < 4.78 is 34.6. The van der Waals surface area contributed by atoms with Crippen LogP contribution in [0.2, 0.25) is 0 Å². The molecule has 0 aliphatic rings. The highest BCUT2D eigenvalue weighted by Crippen LogP contribution is 2.37. The molecule has 0 saturated carbocycles. The average molecular weight is 276 g/mol. The summed E-state index contributed by atoms with van der Waals surface area (Å²) in [5.74, 6) is 0.343. The number of rotatable bonds is 6. The summed E-state index contributed by atoms with van der Waals surface area (Å²) in [4.78, 5) is 10.3. The summed E-state index contributed by atoms with van der Waals surface area (Å²) in [6, 6.07) is 1.21. The highest BCUT2D eigenvalue weighted by molar-refractivity contribution is 5.55. The second-order valence-corrected chi connectivity index (χ2v) is 3.76. The molecule has 6 nitrogen and oxygen atoms in total. The zero-order valence-electron chi connectivity index (χ0n) is 10.4. The number of nitrogens with two attached hydrogens (primary N) is 1. The van der Waals surface area contributed by atoms with E-state index in [0.717, 1.165) is 6.07 Å². The number of nitrogens with zero attached hydrogens (tertiary/aromatic N) is 1. The van der Waals surface area contributed by atoms with Gasteiger partial charge in [-0.25, -0.2) is 8.78 Å². The number of methoxy groups -OCH3 is 2. The normalized spacial score (nSPS) is 12.3. The molecule has 0 aromatic heterocycles. The fourth-order valence-corrected chi connectivity index (χ4v) is 1.66. The van der Waals surface area contributed by atoms with Crippen molar-refractivity contribution in [2.45, 2.75) is 18.9 Å². The molecule has 0 aliphatic heterocycles. The molecule has 0 saturated heterocycles. The van der Waals surface area contributed by atoms with Gasteiger partial charge in [-0.3, -0.25) is 10.1 Å². The van der Waals surface area contributed by atoms with E-state index < -0.39 is 23.8 Å². The molecule has 1 aromatic carbocycles. The summed E-state index contributed by atoms with van der Waals surface area (Å²) in [6.45, 7) is 0. The minimum Gasteiger partial charge on any atom is -0.493 e. The first kappa shape index (κ1) is 15.1. The largest absolute Gasteiger partial charge is 0.493 e. The monoisotopic (exact) mass is 276 g/mol. The van der Waals surface area contributed by atoms with Gasteiger partial charge in [0.1, 0.15) is 0 Å². The summed E-state index contributed by atoms with van der Waals surface area (Å²) in [5.41, 5.74) is 5.19. The van der Waals surface area contributed by atoms with Crippen LogP contribution < -0.4 is 15.2 Å². The van der Waals surface area contributed by atoms with Crippen LogP contribution in [0.5, 0.6) is 11.5 Å². The first-order valence-electron chi connectivity index (χ1n) is 5.34. The fourth-order valence-electron chi connectivity index (χ4n) is 1.66. The van der Waals surface area contributed by atoms with Crippen molar-refractivity contribution in [2.24, 2.45) is 5.73 Å². The third-order valence-corrected chi connectivity index (χ3v) is 2.56. The van der Waals surface area contributed by atoms with Gasteiger partial charge >= 0.3 is 0 Å². The molecule has 0 bridgehead atoms. The third kappa shape index (κ3) is 3.50. The van der Waals surface area contributed by atoms with Crippen LogP contribution >= 0.6 is 0 Å². The van der Waals surface area contributed by atoms with Crippen LogP contribution in [0.4, 0.5) is 14.5 Å². The van der Waals surface area contributed by atoms with E-state index >= 15 is 0 Å². The Kier molecular flexibility index (Phi) is 4.99. The predicted molar refractivity (Wildman–Crippen MR) is 63.7 cm³/mol. The summed E-state index contributed by atoms with van der Waals surface area (Å²) in [7, 11) is 2.66. The summed E-state index contributed by atoms with van der Waals surface area (Å²) in [6.07, 6.45) is -3.32. The molecular weight excluding hydrogens is 262 g/mol. The zero-order chi connectivity index (χ0) is 14.6. The Morgan fingerprint density at radius 1 is 1.32 bits per heavy atom. The summed E-state index contributed by atoms with van der Waals surface area (Å²) in [5, 5.41) is 10.9. The molecule has 0 fully saturated rings. The maximum atomic E-state index is 12.3. The number of hydrogen-bond acceptors (Lipinski definition) is 5. The van der Waals surface area contributed by atoms with Gasteiger partial charge in [-0.2, -0.15) is 0 Å². The molecule has 8 heteroatoms. The Balaban J connectivity index is 3.30. The highest BCUT2D eigenvalue weighted by atomic mass is 19.3. The number of ether oxygens (including phenoxy) is 2. The molecule has 1 rings (SSSR count). The maximum absolute atomic E-state index is 12.3. The minimum atomic E-state index is -2.65. The number of halogens is 2. The average Bonchev–Trinajstić information content (AvgIpc) is 2.35. The second-order valence-electron chi connectivity index (χ2n) is 3.76. The second kappa shape index (κ2) is 6.28. The SMILES string of the molecule is COc1cc([C@H](N)CC(F)F)c([N+](=O)[O-])cc1OC. The predicted octanol–water partition coefficient (Wildman–Crippen LogP) is 2.27. The number of benzene rings is 1. The smallest absolute Gasteiger partial charge is 0.278 e. The molecule has 0 radical (unpaired) electrons. The Hall–Kier alpha value is -1.96. The van der Waals surface area contributed by atoms with E-state index in [2.05, 4.69) is 0 Å². The van der Waals surface area contributed by atoms with Crippen LogP contribution in [0.3, 0.4) is 0 Å². The van der Waals surface area contributed by atoms with E-state index in [1.165, 1.54) is 20.3 Å². The van der Waals surface area contributed by atoms with Crippen molar-refractivity contribution >= 4 is 5.69 Å². The Morgan fingerprint density at radius 3 is 2.26 bits per heavy atom. The lowest BCUT2D eigenvalue weighted by Crippen LogP contribution is -2.16. The number of nitro benzene ring substituents is 1. The van der Waals surface area contributed by atoms with Crippen LogP contribution in [0.15, 0.2) is 12.1 Å². The topological polar surface area (TPSA) is 87.6 Å². The van der Waals surface area contributed by atoms with Crippen LogP contribution in [-0.2, 0) is 0 Å². The molecule has 1 atom stereocenters.